The molecule has 2 N–H and O–H groups in total. The highest BCUT2D eigenvalue weighted by atomic mass is 16.6. The topological polar surface area (TPSA) is 156 Å². The van der Waals surface area contributed by atoms with E-state index in [1.807, 2.05) is 38.1 Å². The first-order chi connectivity index (χ1) is 22.1. The molecule has 3 aliphatic rings. The van der Waals surface area contributed by atoms with Crippen LogP contribution in [0.15, 0.2) is 49.6 Å². The first kappa shape index (κ1) is 33.3. The zero-order valence-corrected chi connectivity index (χ0v) is 26.7. The van der Waals surface area contributed by atoms with Gasteiger partial charge in [0.25, 0.3) is 0 Å². The number of hydrogen-bond acceptors (Lipinski definition) is 9. The molecule has 7 atom stereocenters. The molecule has 3 amide bonds. The molecule has 2 aromatic rings. The molecule has 13 nitrogen and oxygen atoms in total. The van der Waals surface area contributed by atoms with E-state index in [1.54, 1.807) is 28.7 Å². The quantitative estimate of drug-likeness (QED) is 0.220. The molecule has 3 saturated heterocycles. The van der Waals surface area contributed by atoms with Crippen molar-refractivity contribution in [2.75, 3.05) is 19.7 Å². The van der Waals surface area contributed by atoms with Crippen molar-refractivity contribution in [2.24, 2.45) is 17.8 Å². The van der Waals surface area contributed by atoms with E-state index < -0.39 is 53.6 Å². The van der Waals surface area contributed by atoms with Crippen LogP contribution < -0.4 is 5.32 Å². The summed E-state index contributed by atoms with van der Waals surface area (Å²) in [6, 6.07) is 5.62. The Bertz CT molecular complexity index is 1490. The van der Waals surface area contributed by atoms with Gasteiger partial charge < -0.3 is 29.7 Å². The minimum Gasteiger partial charge on any atom is -0.460 e. The van der Waals surface area contributed by atoms with Crippen LogP contribution in [0.3, 0.4) is 0 Å². The van der Waals surface area contributed by atoms with Crippen molar-refractivity contribution in [3.8, 4) is 0 Å². The van der Waals surface area contributed by atoms with E-state index in [4.69, 9.17) is 9.47 Å². The summed E-state index contributed by atoms with van der Waals surface area (Å²) in [5, 5.41) is 21.7. The average molecular weight is 637 g/mol. The van der Waals surface area contributed by atoms with Gasteiger partial charge in [-0.3, -0.25) is 19.2 Å². The predicted octanol–water partition coefficient (Wildman–Crippen LogP) is 1.81. The molecule has 46 heavy (non-hydrogen) atoms. The number of aliphatic hydroxyl groups excluding tert-OH is 1. The normalized spacial score (nSPS) is 26.2. The maximum Gasteiger partial charge on any atom is 0.312 e. The summed E-state index contributed by atoms with van der Waals surface area (Å²) in [5.74, 6) is -3.68. The van der Waals surface area contributed by atoms with Crippen LogP contribution in [0.1, 0.15) is 46.5 Å². The van der Waals surface area contributed by atoms with E-state index in [2.05, 4.69) is 28.8 Å². The zero-order chi connectivity index (χ0) is 33.2. The van der Waals surface area contributed by atoms with E-state index >= 15 is 0 Å². The first-order valence-corrected chi connectivity index (χ1v) is 15.9. The Balaban J connectivity index is 1.44. The third kappa shape index (κ3) is 5.93. The van der Waals surface area contributed by atoms with Gasteiger partial charge in [0.05, 0.1) is 42.6 Å². The second-order valence-corrected chi connectivity index (χ2v) is 12.7. The van der Waals surface area contributed by atoms with Crippen molar-refractivity contribution in [2.45, 2.75) is 83.0 Å². The molecule has 0 unspecified atom stereocenters. The predicted molar refractivity (Wildman–Crippen MR) is 168 cm³/mol. The Morgan fingerprint density at radius 2 is 2.00 bits per heavy atom. The molecule has 13 heteroatoms. The number of allylic oxidation sites excluding steroid dienone is 1. The minimum atomic E-state index is -1.28. The molecule has 1 spiro atoms. The number of nitrogens with one attached hydrogen (secondary N) is 1. The monoisotopic (exact) mass is 636 g/mol. The zero-order valence-electron chi connectivity index (χ0n) is 26.7. The largest absolute Gasteiger partial charge is 0.460 e. The van der Waals surface area contributed by atoms with Gasteiger partial charge in [0.15, 0.2) is 0 Å². The van der Waals surface area contributed by atoms with Crippen LogP contribution >= 0.6 is 0 Å². The van der Waals surface area contributed by atoms with Gasteiger partial charge >= 0.3 is 5.97 Å². The fraction of sp³-hybridized carbons (Fsp3) is 0.576. The molecular formula is C33H44N6O7. The van der Waals surface area contributed by atoms with Crippen LogP contribution in [0.4, 0.5) is 0 Å². The van der Waals surface area contributed by atoms with Gasteiger partial charge in [-0.2, -0.15) is 0 Å². The molecule has 4 heterocycles. The molecule has 0 radical (unpaired) electrons. The third-order valence-electron chi connectivity index (χ3n) is 9.42. The number of hydrogen-bond donors (Lipinski definition) is 2. The number of carbonyl (C=O) groups excluding carboxylic acids is 4. The Hall–Kier alpha value is -4.10. The summed E-state index contributed by atoms with van der Waals surface area (Å²) >= 11 is 0. The lowest BCUT2D eigenvalue weighted by atomic mass is 9.70. The summed E-state index contributed by atoms with van der Waals surface area (Å²) < 4.78 is 13.9. The maximum atomic E-state index is 14.7. The van der Waals surface area contributed by atoms with Gasteiger partial charge in [0, 0.05) is 13.0 Å². The molecule has 1 aromatic carbocycles. The average Bonchev–Trinajstić information content (AvgIpc) is 3.78. The summed E-state index contributed by atoms with van der Waals surface area (Å²) in [4.78, 5) is 57.9. The first-order valence-electron chi connectivity index (χ1n) is 15.9. The van der Waals surface area contributed by atoms with Gasteiger partial charge in [0.1, 0.15) is 29.9 Å². The highest BCUT2D eigenvalue weighted by Gasteiger charge is 2.75. The van der Waals surface area contributed by atoms with Gasteiger partial charge in [-0.1, -0.05) is 43.3 Å². The number of aromatic nitrogens is 3. The van der Waals surface area contributed by atoms with Crippen molar-refractivity contribution in [1.29, 1.82) is 0 Å². The maximum absolute atomic E-state index is 14.7. The van der Waals surface area contributed by atoms with E-state index in [0.29, 0.717) is 24.8 Å². The minimum absolute atomic E-state index is 0.0427. The van der Waals surface area contributed by atoms with E-state index in [-0.39, 0.29) is 50.5 Å². The summed E-state index contributed by atoms with van der Waals surface area (Å²) in [6.07, 6.45) is 3.68. The number of fused-ring (bicyclic) bond motifs is 2. The third-order valence-corrected chi connectivity index (χ3v) is 9.42. The van der Waals surface area contributed by atoms with Crippen LogP contribution in [-0.2, 0) is 35.3 Å². The molecule has 0 saturated carbocycles. The molecule has 2 bridgehead atoms. The van der Waals surface area contributed by atoms with Crippen LogP contribution in [-0.4, -0.2) is 103 Å². The molecule has 0 aliphatic carbocycles. The van der Waals surface area contributed by atoms with Crippen LogP contribution in [0.25, 0.3) is 11.0 Å². The summed E-state index contributed by atoms with van der Waals surface area (Å²) in [6.45, 7) is 12.8. The van der Waals surface area contributed by atoms with Crippen LogP contribution in [0, 0.1) is 17.8 Å². The number of rotatable bonds is 15. The lowest BCUT2D eigenvalue weighted by Gasteiger charge is -2.40. The van der Waals surface area contributed by atoms with Crippen molar-refractivity contribution in [3.05, 3.63) is 49.6 Å². The standard InChI is InChI=1S/C33H44N6O7/c1-6-8-13-26(41)34-17-21(5)45-32(44)27-25-14-15-33(46-25)28(27)30(42)39(24(18-40)20(3)4)29(33)31(43)37(16-7-2)19-38-23-12-10-9-11-22(23)35-36-38/h6-7,9-12,20-21,24-25,27-29,40H,1-2,8,13-19H2,3-5H3,(H,34,41)/t21-,24-,25-,27+,28+,29-,33+/m0/s1. The number of carbonyl (C=O) groups is 4. The number of benzene rings is 1. The number of amides is 3. The summed E-state index contributed by atoms with van der Waals surface area (Å²) in [5.41, 5.74) is 0.133. The molecule has 3 aliphatic heterocycles. The second-order valence-electron chi connectivity index (χ2n) is 12.7. The Labute approximate surface area is 268 Å². The van der Waals surface area contributed by atoms with Gasteiger partial charge in [-0.15, -0.1) is 18.3 Å². The fourth-order valence-corrected chi connectivity index (χ4v) is 7.24. The molecule has 1 aromatic heterocycles. The molecule has 248 valence electrons. The van der Waals surface area contributed by atoms with Crippen molar-refractivity contribution >= 4 is 34.7 Å². The van der Waals surface area contributed by atoms with Crippen molar-refractivity contribution < 1.29 is 33.8 Å². The lowest BCUT2D eigenvalue weighted by molar-refractivity contribution is -0.160. The summed E-state index contributed by atoms with van der Waals surface area (Å²) in [7, 11) is 0. The molecule has 3 fully saturated rings. The smallest absolute Gasteiger partial charge is 0.312 e. The van der Waals surface area contributed by atoms with Crippen LogP contribution in [0.2, 0.25) is 0 Å². The van der Waals surface area contributed by atoms with Crippen LogP contribution in [0.5, 0.6) is 0 Å². The second kappa shape index (κ2) is 13.7. The number of ether oxygens (including phenoxy) is 2. The van der Waals surface area contributed by atoms with E-state index in [1.165, 1.54) is 4.90 Å². The number of nitrogens with zero attached hydrogens (tertiary/aromatic N) is 5. The number of aliphatic hydroxyl groups is 1. The van der Waals surface area contributed by atoms with E-state index in [9.17, 15) is 24.3 Å². The molecule has 5 rings (SSSR count). The fourth-order valence-electron chi connectivity index (χ4n) is 7.24. The highest BCUT2D eigenvalue weighted by molar-refractivity contribution is 5.98. The number of likely N-dealkylation sites (tertiary alicyclic amines) is 1. The molecular weight excluding hydrogens is 592 g/mol. The van der Waals surface area contributed by atoms with E-state index in [0.717, 1.165) is 5.52 Å². The van der Waals surface area contributed by atoms with Gasteiger partial charge in [-0.25, -0.2) is 4.68 Å². The van der Waals surface area contributed by atoms with Gasteiger partial charge in [-0.05, 0) is 44.2 Å². The number of para-hydroxylation sites is 1. The Morgan fingerprint density at radius 3 is 2.70 bits per heavy atom. The number of esters is 1. The van der Waals surface area contributed by atoms with Gasteiger partial charge in [0.2, 0.25) is 17.7 Å². The highest BCUT2D eigenvalue weighted by Crippen LogP contribution is 2.59. The lowest BCUT2D eigenvalue weighted by Crippen LogP contribution is -2.59. The van der Waals surface area contributed by atoms with Crippen molar-refractivity contribution in [3.63, 3.8) is 0 Å². The Kier molecular flexibility index (Phi) is 9.92. The Morgan fingerprint density at radius 1 is 1.24 bits per heavy atom. The van der Waals surface area contributed by atoms with Crippen molar-refractivity contribution in [1.82, 2.24) is 30.1 Å². The SMILES string of the molecule is C=CCCC(=O)NC[C@H](C)OC(=O)[C@@H]1[C@@H]2CC[C@]3(O2)[C@H](C(=O)N(CC=C)Cn2nnc4ccccc42)N([C@@H](CO)C(C)C)C(=O)[C@@H]13.